The Bertz CT molecular complexity index is 377. The molecule has 17 heavy (non-hydrogen) atoms. The molecule has 4 nitrogen and oxygen atoms in total. The highest BCUT2D eigenvalue weighted by Crippen LogP contribution is 2.26. The lowest BCUT2D eigenvalue weighted by molar-refractivity contribution is -0.122. The lowest BCUT2D eigenvalue weighted by Crippen LogP contribution is -2.40. The van der Waals surface area contributed by atoms with Crippen LogP contribution in [-0.2, 0) is 4.79 Å². The first kappa shape index (κ1) is 13.5. The van der Waals surface area contributed by atoms with E-state index in [1.807, 2.05) is 31.2 Å². The van der Waals surface area contributed by atoms with Crippen LogP contribution in [0.4, 0.5) is 0 Å². The molecule has 1 rings (SSSR count). The van der Waals surface area contributed by atoms with Crippen LogP contribution in [0, 0.1) is 0 Å². The molecule has 0 saturated heterocycles. The zero-order valence-corrected chi connectivity index (χ0v) is 10.6. The van der Waals surface area contributed by atoms with Gasteiger partial charge in [0.05, 0.1) is 19.2 Å². The van der Waals surface area contributed by atoms with Gasteiger partial charge in [-0.25, -0.2) is 0 Å². The summed E-state index contributed by atoms with van der Waals surface area (Å²) in [5.74, 6) is 0.632. The van der Waals surface area contributed by atoms with Crippen molar-refractivity contribution < 1.29 is 9.53 Å². The monoisotopic (exact) mass is 236 g/mol. The van der Waals surface area contributed by atoms with Crippen molar-refractivity contribution in [1.29, 1.82) is 0 Å². The van der Waals surface area contributed by atoms with Gasteiger partial charge in [0.25, 0.3) is 0 Å². The first-order valence-electron chi connectivity index (χ1n) is 5.79. The molecule has 1 amide bonds. The molecule has 0 heterocycles. The maximum Gasteiger partial charge on any atom is 0.237 e. The van der Waals surface area contributed by atoms with E-state index in [9.17, 15) is 4.79 Å². The van der Waals surface area contributed by atoms with Crippen molar-refractivity contribution in [2.24, 2.45) is 5.73 Å². The van der Waals surface area contributed by atoms with Gasteiger partial charge < -0.3 is 15.8 Å². The van der Waals surface area contributed by atoms with Gasteiger partial charge in [-0.2, -0.15) is 0 Å². The lowest BCUT2D eigenvalue weighted by atomic mass is 10.0. The summed E-state index contributed by atoms with van der Waals surface area (Å²) in [7, 11) is 1.62. The van der Waals surface area contributed by atoms with Crippen molar-refractivity contribution in [1.82, 2.24) is 5.32 Å². The Morgan fingerprint density at radius 2 is 2.12 bits per heavy atom. The van der Waals surface area contributed by atoms with E-state index in [-0.39, 0.29) is 11.9 Å². The molecule has 0 fully saturated rings. The van der Waals surface area contributed by atoms with Crippen LogP contribution in [-0.4, -0.2) is 19.1 Å². The van der Waals surface area contributed by atoms with E-state index in [0.717, 1.165) is 17.7 Å². The Hall–Kier alpha value is -1.55. The minimum Gasteiger partial charge on any atom is -0.496 e. The quantitative estimate of drug-likeness (QED) is 0.816. The van der Waals surface area contributed by atoms with Crippen molar-refractivity contribution in [3.8, 4) is 5.75 Å². The van der Waals surface area contributed by atoms with Crippen molar-refractivity contribution in [3.63, 3.8) is 0 Å². The van der Waals surface area contributed by atoms with Gasteiger partial charge in [0.2, 0.25) is 5.91 Å². The summed E-state index contributed by atoms with van der Waals surface area (Å²) in [5.41, 5.74) is 6.52. The maximum absolute atomic E-state index is 11.6. The number of para-hydroxylation sites is 1. The van der Waals surface area contributed by atoms with Gasteiger partial charge in [0.15, 0.2) is 0 Å². The smallest absolute Gasteiger partial charge is 0.237 e. The second kappa shape index (κ2) is 6.25. The third kappa shape index (κ3) is 3.46. The number of carbonyl (C=O) groups is 1. The fourth-order valence-corrected chi connectivity index (χ4v) is 1.66. The molecule has 3 N–H and O–H groups in total. The zero-order chi connectivity index (χ0) is 12.8. The van der Waals surface area contributed by atoms with Gasteiger partial charge in [-0.15, -0.1) is 0 Å². The third-order valence-electron chi connectivity index (χ3n) is 2.65. The number of methoxy groups -OCH3 is 1. The Morgan fingerprint density at radius 1 is 1.47 bits per heavy atom. The molecule has 1 aromatic rings. The van der Waals surface area contributed by atoms with Crippen molar-refractivity contribution in [2.45, 2.75) is 32.4 Å². The predicted octanol–water partition coefficient (Wildman–Crippen LogP) is 1.61. The lowest BCUT2D eigenvalue weighted by Gasteiger charge is -2.20. The van der Waals surface area contributed by atoms with Gasteiger partial charge in [-0.3, -0.25) is 4.79 Å². The average Bonchev–Trinajstić information content (AvgIpc) is 2.35. The number of hydrogen-bond donors (Lipinski definition) is 2. The number of carbonyl (C=O) groups excluding carboxylic acids is 1. The standard InChI is InChI=1S/C13H20N2O2/c1-4-11(15-13(16)9(2)14)10-7-5-6-8-12(10)17-3/h5-9,11H,4,14H2,1-3H3,(H,15,16)/t9-,11?/m1/s1. The van der Waals surface area contributed by atoms with E-state index in [4.69, 9.17) is 10.5 Å². The summed E-state index contributed by atoms with van der Waals surface area (Å²) in [4.78, 5) is 11.6. The van der Waals surface area contributed by atoms with Gasteiger partial charge in [0, 0.05) is 5.56 Å². The molecule has 4 heteroatoms. The highest BCUT2D eigenvalue weighted by Gasteiger charge is 2.17. The van der Waals surface area contributed by atoms with E-state index in [1.54, 1.807) is 14.0 Å². The number of hydrogen-bond acceptors (Lipinski definition) is 3. The predicted molar refractivity (Wildman–Crippen MR) is 67.8 cm³/mol. The van der Waals surface area contributed by atoms with Crippen molar-refractivity contribution >= 4 is 5.91 Å². The first-order valence-corrected chi connectivity index (χ1v) is 5.79. The summed E-state index contributed by atoms with van der Waals surface area (Å²) in [6, 6.07) is 7.11. The topological polar surface area (TPSA) is 64.4 Å². The van der Waals surface area contributed by atoms with Crippen molar-refractivity contribution in [2.75, 3.05) is 7.11 Å². The molecular weight excluding hydrogens is 216 g/mol. The molecule has 2 atom stereocenters. The minimum absolute atomic E-state index is 0.0651. The highest BCUT2D eigenvalue weighted by atomic mass is 16.5. The van der Waals surface area contributed by atoms with E-state index in [0.29, 0.717) is 0 Å². The summed E-state index contributed by atoms with van der Waals surface area (Å²) in [6.07, 6.45) is 0.791. The van der Waals surface area contributed by atoms with Crippen molar-refractivity contribution in [3.05, 3.63) is 29.8 Å². The second-order valence-electron chi connectivity index (χ2n) is 4.00. The van der Waals surface area contributed by atoms with Crippen LogP contribution >= 0.6 is 0 Å². The Labute approximate surface area is 102 Å². The number of ether oxygens (including phenoxy) is 1. The molecule has 1 aromatic carbocycles. The van der Waals surface area contributed by atoms with E-state index in [2.05, 4.69) is 5.32 Å². The molecule has 0 saturated carbocycles. The summed E-state index contributed by atoms with van der Waals surface area (Å²) in [6.45, 7) is 3.68. The van der Waals surface area contributed by atoms with E-state index in [1.165, 1.54) is 0 Å². The summed E-state index contributed by atoms with van der Waals surface area (Å²) >= 11 is 0. The van der Waals surface area contributed by atoms with Gasteiger partial charge in [-0.05, 0) is 19.4 Å². The molecule has 0 radical (unpaired) electrons. The van der Waals surface area contributed by atoms with Crippen LogP contribution in [0.3, 0.4) is 0 Å². The van der Waals surface area contributed by atoms with Gasteiger partial charge in [0.1, 0.15) is 5.75 Å². The van der Waals surface area contributed by atoms with Crippen LogP contribution in [0.1, 0.15) is 31.9 Å². The largest absolute Gasteiger partial charge is 0.496 e. The van der Waals surface area contributed by atoms with Crippen LogP contribution in [0.15, 0.2) is 24.3 Å². The number of amides is 1. The average molecular weight is 236 g/mol. The Morgan fingerprint density at radius 3 is 2.65 bits per heavy atom. The second-order valence-corrected chi connectivity index (χ2v) is 4.00. The summed E-state index contributed by atoms with van der Waals surface area (Å²) < 4.78 is 5.29. The van der Waals surface area contributed by atoms with Gasteiger partial charge >= 0.3 is 0 Å². The van der Waals surface area contributed by atoms with Crippen LogP contribution in [0.2, 0.25) is 0 Å². The molecule has 0 aliphatic heterocycles. The third-order valence-corrected chi connectivity index (χ3v) is 2.65. The van der Waals surface area contributed by atoms with E-state index < -0.39 is 6.04 Å². The fraction of sp³-hybridized carbons (Fsp3) is 0.462. The molecule has 0 spiro atoms. The van der Waals surface area contributed by atoms with Crippen LogP contribution in [0.25, 0.3) is 0 Å². The number of nitrogens with one attached hydrogen (secondary N) is 1. The zero-order valence-electron chi connectivity index (χ0n) is 10.6. The molecule has 0 aliphatic carbocycles. The van der Waals surface area contributed by atoms with E-state index >= 15 is 0 Å². The first-order chi connectivity index (χ1) is 8.10. The normalized spacial score (nSPS) is 13.9. The summed E-state index contributed by atoms with van der Waals surface area (Å²) in [5, 5.41) is 2.91. The molecule has 94 valence electrons. The number of nitrogens with two attached hydrogens (primary N) is 1. The fourth-order valence-electron chi connectivity index (χ4n) is 1.66. The van der Waals surface area contributed by atoms with Crippen LogP contribution in [0.5, 0.6) is 5.75 Å². The molecule has 0 bridgehead atoms. The highest BCUT2D eigenvalue weighted by molar-refractivity contribution is 5.81. The number of rotatable bonds is 5. The number of benzene rings is 1. The molecule has 0 aliphatic rings. The molecule has 0 aromatic heterocycles. The maximum atomic E-state index is 11.6. The Kier molecular flexibility index (Phi) is 4.97. The minimum atomic E-state index is -0.501. The van der Waals surface area contributed by atoms with Crippen LogP contribution < -0.4 is 15.8 Å². The molecule has 1 unspecified atom stereocenters. The Balaban J connectivity index is 2.89. The van der Waals surface area contributed by atoms with Gasteiger partial charge in [-0.1, -0.05) is 25.1 Å². The molecular formula is C13H20N2O2. The SMILES string of the molecule is CCC(NC(=O)[C@@H](C)N)c1ccccc1OC.